The van der Waals surface area contributed by atoms with Crippen LogP contribution in [0.15, 0.2) is 0 Å². The minimum absolute atomic E-state index is 0.194. The number of hydrogen-bond donors (Lipinski definition) is 1. The summed E-state index contributed by atoms with van der Waals surface area (Å²) in [7, 11) is 1.68. The first kappa shape index (κ1) is 13.8. The molecule has 7 nitrogen and oxygen atoms in total. The molecule has 19 heavy (non-hydrogen) atoms. The number of anilines is 2. The lowest BCUT2D eigenvalue weighted by molar-refractivity contribution is 0.204. The fourth-order valence-corrected chi connectivity index (χ4v) is 1.77. The Morgan fingerprint density at radius 3 is 2.68 bits per heavy atom. The van der Waals surface area contributed by atoms with E-state index in [1.54, 1.807) is 7.11 Å². The van der Waals surface area contributed by atoms with Crippen molar-refractivity contribution in [3.05, 3.63) is 0 Å². The van der Waals surface area contributed by atoms with Gasteiger partial charge in [0.1, 0.15) is 0 Å². The van der Waals surface area contributed by atoms with Gasteiger partial charge in [-0.1, -0.05) is 6.92 Å². The van der Waals surface area contributed by atoms with Crippen LogP contribution < -0.4 is 15.4 Å². The molecule has 7 heteroatoms. The van der Waals surface area contributed by atoms with Gasteiger partial charge in [-0.05, 0) is 19.3 Å². The van der Waals surface area contributed by atoms with Crippen LogP contribution in [-0.2, 0) is 4.74 Å². The lowest BCUT2D eigenvalue weighted by Gasteiger charge is -2.22. The van der Waals surface area contributed by atoms with Crippen LogP contribution in [0.5, 0.6) is 6.01 Å². The van der Waals surface area contributed by atoms with Crippen molar-refractivity contribution in [1.29, 1.82) is 0 Å². The van der Waals surface area contributed by atoms with Gasteiger partial charge in [-0.15, -0.1) is 0 Å². The van der Waals surface area contributed by atoms with Crippen molar-refractivity contribution in [3.63, 3.8) is 0 Å². The Morgan fingerprint density at radius 1 is 1.26 bits per heavy atom. The van der Waals surface area contributed by atoms with Crippen LogP contribution in [0.4, 0.5) is 11.9 Å². The molecule has 1 heterocycles. The SMILES string of the molecule is CCCOc1nc(N)nc(N(CCOC)C2CC2)n1. The van der Waals surface area contributed by atoms with Crippen molar-refractivity contribution in [1.82, 2.24) is 15.0 Å². The zero-order valence-corrected chi connectivity index (χ0v) is 11.5. The minimum atomic E-state index is 0.194. The minimum Gasteiger partial charge on any atom is -0.463 e. The molecule has 1 aliphatic carbocycles. The van der Waals surface area contributed by atoms with Gasteiger partial charge in [-0.25, -0.2) is 0 Å². The third kappa shape index (κ3) is 3.92. The standard InChI is InChI=1S/C12H21N5O2/c1-3-7-19-12-15-10(13)14-11(16-12)17(6-8-18-2)9-4-5-9/h9H,3-8H2,1-2H3,(H2,13,14,15,16). The summed E-state index contributed by atoms with van der Waals surface area (Å²) in [5, 5.41) is 0. The maximum atomic E-state index is 5.72. The Morgan fingerprint density at radius 2 is 2.05 bits per heavy atom. The molecule has 2 rings (SSSR count). The van der Waals surface area contributed by atoms with Gasteiger partial charge >= 0.3 is 6.01 Å². The highest BCUT2D eigenvalue weighted by molar-refractivity contribution is 5.38. The second-order valence-electron chi connectivity index (χ2n) is 4.54. The molecule has 1 aromatic rings. The third-order valence-corrected chi connectivity index (χ3v) is 2.84. The van der Waals surface area contributed by atoms with E-state index >= 15 is 0 Å². The van der Waals surface area contributed by atoms with E-state index in [9.17, 15) is 0 Å². The van der Waals surface area contributed by atoms with E-state index in [2.05, 4.69) is 19.9 Å². The van der Waals surface area contributed by atoms with Crippen molar-refractivity contribution in [2.24, 2.45) is 0 Å². The summed E-state index contributed by atoms with van der Waals surface area (Å²) in [5.41, 5.74) is 5.72. The maximum absolute atomic E-state index is 5.72. The van der Waals surface area contributed by atoms with E-state index < -0.39 is 0 Å². The lowest BCUT2D eigenvalue weighted by Crippen LogP contribution is -2.31. The topological polar surface area (TPSA) is 86.4 Å². The first-order valence-corrected chi connectivity index (χ1v) is 6.64. The van der Waals surface area contributed by atoms with Crippen LogP contribution in [0.1, 0.15) is 26.2 Å². The van der Waals surface area contributed by atoms with Crippen LogP contribution in [0, 0.1) is 0 Å². The van der Waals surface area contributed by atoms with Crippen molar-refractivity contribution in [3.8, 4) is 6.01 Å². The zero-order valence-electron chi connectivity index (χ0n) is 11.5. The molecule has 106 valence electrons. The molecule has 0 spiro atoms. The summed E-state index contributed by atoms with van der Waals surface area (Å²) in [6.07, 6.45) is 3.21. The summed E-state index contributed by atoms with van der Waals surface area (Å²) in [6.45, 7) is 3.98. The first-order valence-electron chi connectivity index (χ1n) is 6.64. The molecule has 0 amide bonds. The number of hydrogen-bond acceptors (Lipinski definition) is 7. The summed E-state index contributed by atoms with van der Waals surface area (Å²) in [6, 6.07) is 0.781. The Hall–Kier alpha value is -1.63. The van der Waals surface area contributed by atoms with Gasteiger partial charge in [0.15, 0.2) is 0 Å². The van der Waals surface area contributed by atoms with E-state index in [4.69, 9.17) is 15.2 Å². The van der Waals surface area contributed by atoms with Gasteiger partial charge < -0.3 is 20.1 Å². The van der Waals surface area contributed by atoms with Crippen LogP contribution in [0.25, 0.3) is 0 Å². The van der Waals surface area contributed by atoms with Crippen LogP contribution >= 0.6 is 0 Å². The molecular weight excluding hydrogens is 246 g/mol. The fraction of sp³-hybridized carbons (Fsp3) is 0.750. The number of methoxy groups -OCH3 is 1. The Balaban J connectivity index is 2.13. The first-order chi connectivity index (χ1) is 9.24. The second-order valence-corrected chi connectivity index (χ2v) is 4.54. The lowest BCUT2D eigenvalue weighted by atomic mass is 10.5. The van der Waals surface area contributed by atoms with E-state index in [-0.39, 0.29) is 5.95 Å². The van der Waals surface area contributed by atoms with E-state index in [0.717, 1.165) is 25.8 Å². The van der Waals surface area contributed by atoms with Gasteiger partial charge in [0, 0.05) is 19.7 Å². The molecule has 0 atom stereocenters. The molecule has 1 saturated carbocycles. The van der Waals surface area contributed by atoms with Crippen molar-refractivity contribution >= 4 is 11.9 Å². The second kappa shape index (κ2) is 6.51. The zero-order chi connectivity index (χ0) is 13.7. The smallest absolute Gasteiger partial charge is 0.323 e. The average molecular weight is 267 g/mol. The van der Waals surface area contributed by atoms with Crippen molar-refractivity contribution < 1.29 is 9.47 Å². The van der Waals surface area contributed by atoms with Gasteiger partial charge in [-0.3, -0.25) is 0 Å². The highest BCUT2D eigenvalue weighted by Gasteiger charge is 2.31. The summed E-state index contributed by atoms with van der Waals surface area (Å²) < 4.78 is 10.6. The monoisotopic (exact) mass is 267 g/mol. The number of nitrogens with zero attached hydrogens (tertiary/aromatic N) is 4. The molecule has 0 unspecified atom stereocenters. The number of aromatic nitrogens is 3. The predicted molar refractivity (Wildman–Crippen MR) is 72.3 cm³/mol. The Bertz CT molecular complexity index is 411. The number of ether oxygens (including phenoxy) is 2. The molecule has 0 saturated heterocycles. The van der Waals surface area contributed by atoms with E-state index in [0.29, 0.717) is 31.2 Å². The molecule has 0 radical (unpaired) electrons. The summed E-state index contributed by atoms with van der Waals surface area (Å²) in [4.78, 5) is 14.6. The van der Waals surface area contributed by atoms with Crippen molar-refractivity contribution in [2.75, 3.05) is 37.5 Å². The molecule has 0 bridgehead atoms. The number of nitrogens with two attached hydrogens (primary N) is 1. The number of nitrogen functional groups attached to an aromatic ring is 1. The maximum Gasteiger partial charge on any atom is 0.323 e. The van der Waals surface area contributed by atoms with Crippen molar-refractivity contribution in [2.45, 2.75) is 32.2 Å². The quantitative estimate of drug-likeness (QED) is 0.747. The molecular formula is C12H21N5O2. The van der Waals surface area contributed by atoms with Gasteiger partial charge in [-0.2, -0.15) is 15.0 Å². The van der Waals surface area contributed by atoms with E-state index in [1.165, 1.54) is 0 Å². The Kier molecular flexibility index (Phi) is 4.73. The number of rotatable bonds is 8. The summed E-state index contributed by atoms with van der Waals surface area (Å²) in [5.74, 6) is 0.775. The molecule has 0 aliphatic heterocycles. The molecule has 1 aromatic heterocycles. The molecule has 0 aromatic carbocycles. The molecule has 1 aliphatic rings. The highest BCUT2D eigenvalue weighted by atomic mass is 16.5. The van der Waals surface area contributed by atoms with Gasteiger partial charge in [0.25, 0.3) is 0 Å². The van der Waals surface area contributed by atoms with E-state index in [1.807, 2.05) is 6.92 Å². The fourth-order valence-electron chi connectivity index (χ4n) is 1.77. The molecule has 1 fully saturated rings. The van der Waals surface area contributed by atoms with Gasteiger partial charge in [0.2, 0.25) is 11.9 Å². The predicted octanol–water partition coefficient (Wildman–Crippen LogP) is 0.858. The van der Waals surface area contributed by atoms with Gasteiger partial charge in [0.05, 0.1) is 13.2 Å². The summed E-state index contributed by atoms with van der Waals surface area (Å²) >= 11 is 0. The van der Waals surface area contributed by atoms with Crippen LogP contribution in [0.2, 0.25) is 0 Å². The Labute approximate surface area is 113 Å². The van der Waals surface area contributed by atoms with Crippen LogP contribution in [-0.4, -0.2) is 47.9 Å². The largest absolute Gasteiger partial charge is 0.463 e. The normalized spacial score (nSPS) is 14.4. The average Bonchev–Trinajstić information content (AvgIpc) is 3.21. The molecule has 2 N–H and O–H groups in total. The highest BCUT2D eigenvalue weighted by Crippen LogP contribution is 2.30. The third-order valence-electron chi connectivity index (χ3n) is 2.84. The van der Waals surface area contributed by atoms with Crippen LogP contribution in [0.3, 0.4) is 0 Å².